The van der Waals surface area contributed by atoms with Gasteiger partial charge in [0.05, 0.1) is 0 Å². The molecule has 1 atom stereocenters. The zero-order valence-electron chi connectivity index (χ0n) is 12.3. The minimum Gasteiger partial charge on any atom is -0.482 e. The van der Waals surface area contributed by atoms with Gasteiger partial charge in [-0.05, 0) is 23.3 Å². The van der Waals surface area contributed by atoms with E-state index in [0.717, 1.165) is 11.1 Å². The van der Waals surface area contributed by atoms with Gasteiger partial charge in [-0.1, -0.05) is 42.5 Å². The highest BCUT2D eigenvalue weighted by atomic mass is 35.5. The number of carbonyl (C=O) groups is 1. The second kappa shape index (κ2) is 8.29. The Bertz CT molecular complexity index is 604. The molecule has 0 aliphatic carbocycles. The van der Waals surface area contributed by atoms with E-state index in [4.69, 9.17) is 21.1 Å². The van der Waals surface area contributed by atoms with Crippen LogP contribution in [0.1, 0.15) is 17.2 Å². The number of alkyl carbamates (subject to hydrolysis) is 1. The molecule has 1 unspecified atom stereocenters. The first-order valence-electron chi connectivity index (χ1n) is 6.94. The maximum Gasteiger partial charge on any atom is 0.407 e. The lowest BCUT2D eigenvalue weighted by Gasteiger charge is -2.20. The predicted octanol–water partition coefficient (Wildman–Crippen LogP) is 3.90. The largest absolute Gasteiger partial charge is 0.482 e. The van der Waals surface area contributed by atoms with Crippen molar-refractivity contribution in [3.63, 3.8) is 0 Å². The summed E-state index contributed by atoms with van der Waals surface area (Å²) in [7, 11) is 1.52. The maximum absolute atomic E-state index is 11.3. The molecule has 0 aromatic heterocycles. The second-order valence-electron chi connectivity index (χ2n) is 4.65. The summed E-state index contributed by atoms with van der Waals surface area (Å²) in [6.07, 6.45) is -0.872. The van der Waals surface area contributed by atoms with Crippen LogP contribution in [0, 0.1) is 0 Å². The lowest BCUT2D eigenvalue weighted by Crippen LogP contribution is -2.24. The Kier molecular flexibility index (Phi) is 6.10. The van der Waals surface area contributed by atoms with Crippen LogP contribution in [0.5, 0.6) is 5.75 Å². The van der Waals surface area contributed by atoms with E-state index in [1.54, 1.807) is 0 Å². The van der Waals surface area contributed by atoms with E-state index >= 15 is 0 Å². The molecule has 2 aromatic rings. The highest BCUT2D eigenvalue weighted by molar-refractivity contribution is 6.17. The van der Waals surface area contributed by atoms with E-state index < -0.39 is 6.09 Å². The number of rotatable bonds is 6. The first-order chi connectivity index (χ1) is 10.7. The molecule has 5 heteroatoms. The fraction of sp³-hybridized carbons (Fsp3) is 0.235. The molecule has 2 aromatic carbocycles. The maximum atomic E-state index is 11.3. The Hall–Kier alpha value is -2.20. The number of carbonyl (C=O) groups excluding carboxylic acids is 1. The standard InChI is InChI=1S/C17H18ClNO3/c1-19-17(20)21-12-16(14-7-3-2-4-8-14)22-15-9-5-6-13(10-15)11-18/h2-10,16H,11-12H2,1H3,(H,19,20). The zero-order chi connectivity index (χ0) is 15.8. The van der Waals surface area contributed by atoms with Crippen molar-refractivity contribution in [3.8, 4) is 5.75 Å². The van der Waals surface area contributed by atoms with Crippen LogP contribution in [0.4, 0.5) is 4.79 Å². The molecule has 1 amide bonds. The Balaban J connectivity index is 2.14. The third-order valence-corrected chi connectivity index (χ3v) is 3.38. The summed E-state index contributed by atoms with van der Waals surface area (Å²) in [6.45, 7) is 0.120. The molecule has 116 valence electrons. The Labute approximate surface area is 135 Å². The van der Waals surface area contributed by atoms with Gasteiger partial charge in [0.25, 0.3) is 0 Å². The third-order valence-electron chi connectivity index (χ3n) is 3.07. The number of hydrogen-bond acceptors (Lipinski definition) is 3. The molecular weight excluding hydrogens is 302 g/mol. The molecule has 0 saturated heterocycles. The van der Waals surface area contributed by atoms with E-state index in [1.807, 2.05) is 54.6 Å². The van der Waals surface area contributed by atoms with Crippen molar-refractivity contribution in [2.45, 2.75) is 12.0 Å². The number of nitrogens with one attached hydrogen (secondary N) is 1. The van der Waals surface area contributed by atoms with Crippen molar-refractivity contribution in [2.24, 2.45) is 0 Å². The highest BCUT2D eigenvalue weighted by Crippen LogP contribution is 2.23. The molecule has 2 rings (SSSR count). The van der Waals surface area contributed by atoms with Crippen molar-refractivity contribution < 1.29 is 14.3 Å². The number of amides is 1. The molecule has 0 fully saturated rings. The van der Waals surface area contributed by atoms with Crippen LogP contribution in [0.15, 0.2) is 54.6 Å². The van der Waals surface area contributed by atoms with E-state index in [2.05, 4.69) is 5.32 Å². The molecule has 0 heterocycles. The van der Waals surface area contributed by atoms with Gasteiger partial charge >= 0.3 is 6.09 Å². The molecule has 0 spiro atoms. The molecule has 0 saturated carbocycles. The molecule has 22 heavy (non-hydrogen) atoms. The van der Waals surface area contributed by atoms with Gasteiger partial charge in [-0.15, -0.1) is 11.6 Å². The van der Waals surface area contributed by atoms with Gasteiger partial charge in [-0.2, -0.15) is 0 Å². The molecule has 0 bridgehead atoms. The summed E-state index contributed by atoms with van der Waals surface area (Å²) in [4.78, 5) is 11.3. The van der Waals surface area contributed by atoms with Crippen molar-refractivity contribution >= 4 is 17.7 Å². The fourth-order valence-corrected chi connectivity index (χ4v) is 2.12. The normalized spacial score (nSPS) is 11.5. The summed E-state index contributed by atoms with van der Waals surface area (Å²) in [5.41, 5.74) is 1.90. The first kappa shape index (κ1) is 16.2. The van der Waals surface area contributed by atoms with E-state index in [0.29, 0.717) is 11.6 Å². The van der Waals surface area contributed by atoms with Crippen LogP contribution >= 0.6 is 11.6 Å². The molecule has 1 N–H and O–H groups in total. The predicted molar refractivity (Wildman–Crippen MR) is 86.2 cm³/mol. The van der Waals surface area contributed by atoms with Gasteiger partial charge in [0.15, 0.2) is 6.10 Å². The summed E-state index contributed by atoms with van der Waals surface area (Å²) in [5.74, 6) is 1.11. The first-order valence-corrected chi connectivity index (χ1v) is 7.47. The van der Waals surface area contributed by atoms with Crippen molar-refractivity contribution in [2.75, 3.05) is 13.7 Å². The van der Waals surface area contributed by atoms with Gasteiger partial charge in [0, 0.05) is 12.9 Å². The average molecular weight is 320 g/mol. The second-order valence-corrected chi connectivity index (χ2v) is 4.91. The molecule has 0 aliphatic rings. The number of alkyl halides is 1. The van der Waals surface area contributed by atoms with Gasteiger partial charge < -0.3 is 14.8 Å². The highest BCUT2D eigenvalue weighted by Gasteiger charge is 2.16. The zero-order valence-corrected chi connectivity index (χ0v) is 13.0. The van der Waals surface area contributed by atoms with Crippen LogP contribution in [0.25, 0.3) is 0 Å². The number of ether oxygens (including phenoxy) is 2. The van der Waals surface area contributed by atoms with Crippen LogP contribution in [0.2, 0.25) is 0 Å². The lowest BCUT2D eigenvalue weighted by atomic mass is 10.1. The van der Waals surface area contributed by atoms with Gasteiger partial charge in [-0.25, -0.2) is 4.79 Å². The van der Waals surface area contributed by atoms with Gasteiger partial charge in [0.2, 0.25) is 0 Å². The van der Waals surface area contributed by atoms with Crippen LogP contribution in [0.3, 0.4) is 0 Å². The third kappa shape index (κ3) is 4.67. The molecule has 4 nitrogen and oxygen atoms in total. The Morgan fingerprint density at radius 2 is 1.95 bits per heavy atom. The summed E-state index contributed by atoms with van der Waals surface area (Å²) < 4.78 is 11.1. The lowest BCUT2D eigenvalue weighted by molar-refractivity contribution is 0.0830. The summed E-state index contributed by atoms with van der Waals surface area (Å²) in [6, 6.07) is 17.2. The minimum absolute atomic E-state index is 0.120. The molecule has 0 radical (unpaired) electrons. The summed E-state index contributed by atoms with van der Waals surface area (Å²) >= 11 is 5.84. The smallest absolute Gasteiger partial charge is 0.407 e. The van der Waals surface area contributed by atoms with Crippen LogP contribution in [-0.4, -0.2) is 19.7 Å². The van der Waals surface area contributed by atoms with E-state index in [1.165, 1.54) is 7.05 Å². The number of hydrogen-bond donors (Lipinski definition) is 1. The average Bonchev–Trinajstić information content (AvgIpc) is 2.59. The van der Waals surface area contributed by atoms with E-state index in [9.17, 15) is 4.79 Å². The Morgan fingerprint density at radius 3 is 2.64 bits per heavy atom. The molecule has 0 aliphatic heterocycles. The van der Waals surface area contributed by atoms with Gasteiger partial charge in [0.1, 0.15) is 12.4 Å². The monoisotopic (exact) mass is 319 g/mol. The molecular formula is C17H18ClNO3. The quantitative estimate of drug-likeness (QED) is 0.821. The van der Waals surface area contributed by atoms with Crippen molar-refractivity contribution in [3.05, 3.63) is 65.7 Å². The van der Waals surface area contributed by atoms with Crippen LogP contribution < -0.4 is 10.1 Å². The van der Waals surface area contributed by atoms with E-state index in [-0.39, 0.29) is 12.7 Å². The van der Waals surface area contributed by atoms with Crippen molar-refractivity contribution in [1.29, 1.82) is 0 Å². The minimum atomic E-state index is -0.487. The topological polar surface area (TPSA) is 47.6 Å². The SMILES string of the molecule is CNC(=O)OCC(Oc1cccc(CCl)c1)c1ccccc1. The Morgan fingerprint density at radius 1 is 1.18 bits per heavy atom. The fourth-order valence-electron chi connectivity index (χ4n) is 1.96. The van der Waals surface area contributed by atoms with Gasteiger partial charge in [-0.3, -0.25) is 0 Å². The van der Waals surface area contributed by atoms with Crippen LogP contribution in [-0.2, 0) is 10.6 Å². The number of halogens is 1. The number of benzene rings is 2. The summed E-state index contributed by atoms with van der Waals surface area (Å²) in [5, 5.41) is 2.42. The van der Waals surface area contributed by atoms with Crippen molar-refractivity contribution in [1.82, 2.24) is 5.32 Å².